The van der Waals surface area contributed by atoms with Crippen LogP contribution < -0.4 is 10.2 Å². The fourth-order valence-electron chi connectivity index (χ4n) is 2.52. The summed E-state index contributed by atoms with van der Waals surface area (Å²) in [7, 11) is 4.01. The summed E-state index contributed by atoms with van der Waals surface area (Å²) in [6, 6.07) is 13.3. The first-order valence-corrected chi connectivity index (χ1v) is 7.95. The largest absolute Gasteiger partial charge is 0.377 e. The van der Waals surface area contributed by atoms with Gasteiger partial charge in [0.15, 0.2) is 0 Å². The molecule has 0 aromatic heterocycles. The molecule has 0 unspecified atom stereocenters. The molecule has 1 N–H and O–H groups in total. The highest BCUT2D eigenvalue weighted by atomic mass is 35.5. The van der Waals surface area contributed by atoms with E-state index in [0.29, 0.717) is 5.02 Å². The van der Waals surface area contributed by atoms with Gasteiger partial charge in [0.05, 0.1) is 5.41 Å². The quantitative estimate of drug-likeness (QED) is 0.886. The Morgan fingerprint density at radius 3 is 2.22 bits per heavy atom. The fourth-order valence-corrected chi connectivity index (χ4v) is 2.65. The number of halogens is 1. The van der Waals surface area contributed by atoms with Crippen molar-refractivity contribution < 1.29 is 4.79 Å². The van der Waals surface area contributed by atoms with Crippen LogP contribution in [0.1, 0.15) is 25.0 Å². The lowest BCUT2D eigenvalue weighted by Gasteiger charge is -2.25. The van der Waals surface area contributed by atoms with Crippen molar-refractivity contribution in [2.75, 3.05) is 24.3 Å². The van der Waals surface area contributed by atoms with Gasteiger partial charge in [-0.1, -0.05) is 23.7 Å². The summed E-state index contributed by atoms with van der Waals surface area (Å²) in [5, 5.41) is 3.68. The first kappa shape index (κ1) is 17.4. The number of hydrogen-bond acceptors (Lipinski definition) is 2. The molecule has 2 rings (SSSR count). The molecule has 0 atom stereocenters. The minimum Gasteiger partial charge on any atom is -0.377 e. The number of amides is 1. The number of hydrogen-bond donors (Lipinski definition) is 1. The van der Waals surface area contributed by atoms with Crippen molar-refractivity contribution in [1.29, 1.82) is 0 Å². The van der Waals surface area contributed by atoms with E-state index in [0.717, 1.165) is 22.5 Å². The van der Waals surface area contributed by atoms with E-state index in [-0.39, 0.29) is 5.91 Å². The molecule has 0 aliphatic carbocycles. The Morgan fingerprint density at radius 1 is 1.09 bits per heavy atom. The highest BCUT2D eigenvalue weighted by Crippen LogP contribution is 2.28. The molecule has 0 saturated heterocycles. The summed E-state index contributed by atoms with van der Waals surface area (Å²) in [6.07, 6.45) is 0. The van der Waals surface area contributed by atoms with Gasteiger partial charge in [-0.15, -0.1) is 0 Å². The molecule has 23 heavy (non-hydrogen) atoms. The molecule has 0 bridgehead atoms. The molecule has 0 heterocycles. The summed E-state index contributed by atoms with van der Waals surface area (Å²) in [5.74, 6) is -0.0446. The van der Waals surface area contributed by atoms with Crippen LogP contribution in [-0.4, -0.2) is 20.0 Å². The molecule has 0 aliphatic heterocycles. The van der Waals surface area contributed by atoms with Crippen LogP contribution in [-0.2, 0) is 10.2 Å². The van der Waals surface area contributed by atoms with Crippen LogP contribution >= 0.6 is 11.6 Å². The van der Waals surface area contributed by atoms with Crippen molar-refractivity contribution in [2.45, 2.75) is 26.2 Å². The average molecular weight is 331 g/mol. The standard InChI is InChI=1S/C19H23ClN2O/c1-13-12-16(10-11-17(13)22(4)5)21-18(23)19(2,3)14-6-8-15(20)9-7-14/h6-12H,1-5H3,(H,21,23). The van der Waals surface area contributed by atoms with Crippen LogP contribution in [0.3, 0.4) is 0 Å². The smallest absolute Gasteiger partial charge is 0.234 e. The van der Waals surface area contributed by atoms with Crippen molar-refractivity contribution in [3.05, 3.63) is 58.6 Å². The molecule has 0 saturated carbocycles. The zero-order valence-corrected chi connectivity index (χ0v) is 15.0. The highest BCUT2D eigenvalue weighted by Gasteiger charge is 2.29. The first-order chi connectivity index (χ1) is 10.7. The summed E-state index contributed by atoms with van der Waals surface area (Å²) >= 11 is 5.92. The summed E-state index contributed by atoms with van der Waals surface area (Å²) < 4.78 is 0. The van der Waals surface area contributed by atoms with Crippen LogP contribution in [0.15, 0.2) is 42.5 Å². The van der Waals surface area contributed by atoms with Gasteiger partial charge in [-0.05, 0) is 62.2 Å². The van der Waals surface area contributed by atoms with Gasteiger partial charge in [0.25, 0.3) is 0 Å². The van der Waals surface area contributed by atoms with E-state index in [1.807, 2.05) is 77.3 Å². The number of rotatable bonds is 4. The maximum Gasteiger partial charge on any atom is 0.234 e. The molecule has 122 valence electrons. The van der Waals surface area contributed by atoms with Crippen LogP contribution in [0, 0.1) is 6.92 Å². The lowest BCUT2D eigenvalue weighted by atomic mass is 9.83. The van der Waals surface area contributed by atoms with Crippen molar-refractivity contribution in [3.8, 4) is 0 Å². The van der Waals surface area contributed by atoms with Crippen molar-refractivity contribution in [2.24, 2.45) is 0 Å². The van der Waals surface area contributed by atoms with E-state index in [1.165, 1.54) is 0 Å². The van der Waals surface area contributed by atoms with Gasteiger partial charge < -0.3 is 10.2 Å². The number of benzene rings is 2. The van der Waals surface area contributed by atoms with E-state index in [9.17, 15) is 4.79 Å². The zero-order chi connectivity index (χ0) is 17.2. The number of aryl methyl sites for hydroxylation is 1. The number of carbonyl (C=O) groups excluding carboxylic acids is 1. The molecule has 0 radical (unpaired) electrons. The lowest BCUT2D eigenvalue weighted by Crippen LogP contribution is -2.34. The normalized spacial score (nSPS) is 11.2. The Bertz CT molecular complexity index is 706. The van der Waals surface area contributed by atoms with Gasteiger partial charge in [0.1, 0.15) is 0 Å². The summed E-state index contributed by atoms with van der Waals surface area (Å²) in [6.45, 7) is 5.86. The minimum absolute atomic E-state index is 0.0446. The van der Waals surface area contributed by atoms with E-state index >= 15 is 0 Å². The predicted octanol–water partition coefficient (Wildman–Crippen LogP) is 4.63. The highest BCUT2D eigenvalue weighted by molar-refractivity contribution is 6.30. The Hall–Kier alpha value is -2.00. The number of carbonyl (C=O) groups is 1. The maximum absolute atomic E-state index is 12.7. The first-order valence-electron chi connectivity index (χ1n) is 7.57. The lowest BCUT2D eigenvalue weighted by molar-refractivity contribution is -0.120. The summed E-state index contributed by atoms with van der Waals surface area (Å²) in [4.78, 5) is 14.7. The van der Waals surface area contributed by atoms with Crippen molar-refractivity contribution in [1.82, 2.24) is 0 Å². The van der Waals surface area contributed by atoms with Gasteiger partial charge in [-0.2, -0.15) is 0 Å². The third kappa shape index (κ3) is 3.85. The minimum atomic E-state index is -0.640. The molecule has 1 amide bonds. The molecule has 0 spiro atoms. The predicted molar refractivity (Wildman–Crippen MR) is 98.6 cm³/mol. The maximum atomic E-state index is 12.7. The molecule has 4 heteroatoms. The molecule has 2 aromatic rings. The average Bonchev–Trinajstić information content (AvgIpc) is 2.47. The van der Waals surface area contributed by atoms with Crippen molar-refractivity contribution >= 4 is 28.9 Å². The van der Waals surface area contributed by atoms with Crippen molar-refractivity contribution in [3.63, 3.8) is 0 Å². The van der Waals surface area contributed by atoms with Crippen LogP contribution in [0.5, 0.6) is 0 Å². The number of nitrogens with zero attached hydrogens (tertiary/aromatic N) is 1. The Balaban J connectivity index is 2.20. The molecule has 0 fully saturated rings. The van der Waals surface area contributed by atoms with E-state index < -0.39 is 5.41 Å². The second kappa shape index (κ2) is 6.63. The zero-order valence-electron chi connectivity index (χ0n) is 14.3. The molecule has 2 aromatic carbocycles. The second-order valence-corrected chi connectivity index (χ2v) is 6.92. The monoisotopic (exact) mass is 330 g/mol. The Kier molecular flexibility index (Phi) is 5.00. The van der Waals surface area contributed by atoms with Crippen LogP contribution in [0.4, 0.5) is 11.4 Å². The van der Waals surface area contributed by atoms with Gasteiger partial charge in [-0.25, -0.2) is 0 Å². The molecule has 3 nitrogen and oxygen atoms in total. The van der Waals surface area contributed by atoms with Gasteiger partial charge in [-0.3, -0.25) is 4.79 Å². The van der Waals surface area contributed by atoms with E-state index in [1.54, 1.807) is 0 Å². The second-order valence-electron chi connectivity index (χ2n) is 6.48. The van der Waals surface area contributed by atoms with Gasteiger partial charge in [0, 0.05) is 30.5 Å². The fraction of sp³-hybridized carbons (Fsp3) is 0.316. The topological polar surface area (TPSA) is 32.3 Å². The third-order valence-corrected chi connectivity index (χ3v) is 4.32. The number of anilines is 2. The molecular weight excluding hydrogens is 308 g/mol. The molecule has 0 aliphatic rings. The SMILES string of the molecule is Cc1cc(NC(=O)C(C)(C)c2ccc(Cl)cc2)ccc1N(C)C. The summed E-state index contributed by atoms with van der Waals surface area (Å²) in [5.41, 5.74) is 3.36. The van der Waals surface area contributed by atoms with Crippen LogP contribution in [0.25, 0.3) is 0 Å². The number of nitrogens with one attached hydrogen (secondary N) is 1. The van der Waals surface area contributed by atoms with Crippen LogP contribution in [0.2, 0.25) is 5.02 Å². The van der Waals surface area contributed by atoms with E-state index in [2.05, 4.69) is 10.2 Å². The van der Waals surface area contributed by atoms with Gasteiger partial charge >= 0.3 is 0 Å². The Morgan fingerprint density at radius 2 is 1.70 bits per heavy atom. The molecular formula is C19H23ClN2O. The van der Waals surface area contributed by atoms with E-state index in [4.69, 9.17) is 11.6 Å². The third-order valence-electron chi connectivity index (χ3n) is 4.07. The van der Waals surface area contributed by atoms with Gasteiger partial charge in [0.2, 0.25) is 5.91 Å². The Labute approximate surface area is 143 Å².